The van der Waals surface area contributed by atoms with Gasteiger partial charge in [-0.1, -0.05) is 0 Å². The highest BCUT2D eigenvalue weighted by atomic mass is 16.3. The van der Waals surface area contributed by atoms with Crippen molar-refractivity contribution in [2.45, 2.75) is 19.4 Å². The first-order valence-corrected chi connectivity index (χ1v) is 2.08. The molecule has 0 saturated heterocycles. The van der Waals surface area contributed by atoms with Crippen molar-refractivity contribution in [3.63, 3.8) is 0 Å². The monoisotopic (exact) mass is 117 g/mol. The van der Waals surface area contributed by atoms with Crippen LogP contribution in [0.15, 0.2) is 5.18 Å². The van der Waals surface area contributed by atoms with Gasteiger partial charge in [-0.2, -0.15) is 0 Å². The summed E-state index contributed by atoms with van der Waals surface area (Å²) in [5, 5.41) is 10.7. The number of nitrogens with zero attached hydrogens (tertiary/aromatic N) is 1. The minimum Gasteiger partial charge on any atom is -0.380 e. The fourth-order valence-electron chi connectivity index (χ4n) is 0.112. The summed E-state index contributed by atoms with van der Waals surface area (Å²) in [6.07, 6.45) is 0. The Labute approximate surface area is 46.5 Å². The third-order valence-corrected chi connectivity index (χ3v) is 0.606. The van der Waals surface area contributed by atoms with E-state index in [-0.39, 0.29) is 0 Å². The first-order chi connectivity index (χ1) is 3.48. The molecular formula is C4H7NO3. The summed E-state index contributed by atoms with van der Waals surface area (Å²) in [7, 11) is 0. The van der Waals surface area contributed by atoms with Crippen LogP contribution >= 0.6 is 0 Å². The minimum atomic E-state index is -1.61. The third kappa shape index (κ3) is 1.79. The molecule has 0 aromatic heterocycles. The highest BCUT2D eigenvalue weighted by molar-refractivity contribution is 5.84. The van der Waals surface area contributed by atoms with Crippen LogP contribution in [0.3, 0.4) is 0 Å². The lowest BCUT2D eigenvalue weighted by molar-refractivity contribution is -0.132. The van der Waals surface area contributed by atoms with Gasteiger partial charge in [0.2, 0.25) is 0 Å². The van der Waals surface area contributed by atoms with E-state index in [1.807, 2.05) is 5.18 Å². The molecule has 0 aromatic rings. The number of rotatable bonds is 1. The van der Waals surface area contributed by atoms with E-state index in [2.05, 4.69) is 0 Å². The van der Waals surface area contributed by atoms with Crippen molar-refractivity contribution in [2.24, 2.45) is 5.18 Å². The molecule has 0 saturated carbocycles. The van der Waals surface area contributed by atoms with Gasteiger partial charge >= 0.3 is 5.91 Å². The quantitative estimate of drug-likeness (QED) is 0.493. The SMILES string of the molecule is CC(C)(O)C(=O)N=O. The first kappa shape index (κ1) is 7.23. The molecule has 4 heteroatoms. The number of aliphatic hydroxyl groups is 1. The number of carbonyl (C=O) groups is 1. The normalized spacial score (nSPS) is 10.9. The topological polar surface area (TPSA) is 66.7 Å². The molecular weight excluding hydrogens is 110 g/mol. The van der Waals surface area contributed by atoms with Gasteiger partial charge in [0.05, 0.1) is 0 Å². The van der Waals surface area contributed by atoms with E-state index in [4.69, 9.17) is 5.11 Å². The van der Waals surface area contributed by atoms with Crippen molar-refractivity contribution in [1.82, 2.24) is 0 Å². The predicted molar refractivity (Wildman–Crippen MR) is 27.1 cm³/mol. The Kier molecular flexibility index (Phi) is 1.81. The second-order valence-electron chi connectivity index (χ2n) is 1.96. The lowest BCUT2D eigenvalue weighted by Gasteiger charge is -2.07. The lowest BCUT2D eigenvalue weighted by atomic mass is 10.1. The van der Waals surface area contributed by atoms with E-state index in [0.717, 1.165) is 0 Å². The van der Waals surface area contributed by atoms with Gasteiger partial charge in [0, 0.05) is 5.18 Å². The average molecular weight is 117 g/mol. The van der Waals surface area contributed by atoms with E-state index < -0.39 is 11.5 Å². The highest BCUT2D eigenvalue weighted by Gasteiger charge is 2.23. The van der Waals surface area contributed by atoms with Gasteiger partial charge < -0.3 is 5.11 Å². The highest BCUT2D eigenvalue weighted by Crippen LogP contribution is 2.01. The van der Waals surface area contributed by atoms with Crippen LogP contribution in [-0.4, -0.2) is 16.6 Å². The average Bonchev–Trinajstić information content (AvgIpc) is 1.62. The predicted octanol–water partition coefficient (Wildman–Crippen LogP) is 0.0503. The fourth-order valence-corrected chi connectivity index (χ4v) is 0.112. The zero-order valence-electron chi connectivity index (χ0n) is 4.71. The summed E-state index contributed by atoms with van der Waals surface area (Å²) in [5.74, 6) is -1.04. The molecule has 8 heavy (non-hydrogen) atoms. The largest absolute Gasteiger partial charge is 0.380 e. The lowest BCUT2D eigenvalue weighted by Crippen LogP contribution is -2.28. The van der Waals surface area contributed by atoms with E-state index >= 15 is 0 Å². The maximum Gasteiger partial charge on any atom is 0.317 e. The standard InChI is InChI=1S/C4H7NO3/c1-4(2,7)3(6)5-8/h7H,1-2H3. The van der Waals surface area contributed by atoms with Gasteiger partial charge in [-0.15, -0.1) is 4.91 Å². The van der Waals surface area contributed by atoms with Gasteiger partial charge in [0.15, 0.2) is 0 Å². The summed E-state index contributed by atoms with van der Waals surface area (Å²) >= 11 is 0. The minimum absolute atomic E-state index is 1.04. The molecule has 1 N–H and O–H groups in total. The Morgan fingerprint density at radius 2 is 2.00 bits per heavy atom. The smallest absolute Gasteiger partial charge is 0.317 e. The van der Waals surface area contributed by atoms with Crippen LogP contribution < -0.4 is 0 Å². The summed E-state index contributed by atoms with van der Waals surface area (Å²) in [4.78, 5) is 19.5. The van der Waals surface area contributed by atoms with E-state index in [1.165, 1.54) is 13.8 Å². The molecule has 0 spiro atoms. The van der Waals surface area contributed by atoms with Crippen molar-refractivity contribution >= 4 is 5.91 Å². The zero-order chi connectivity index (χ0) is 6.78. The number of nitroso groups, excluding NO2 is 1. The number of carbonyl (C=O) groups excluding carboxylic acids is 1. The molecule has 1 amide bonds. The Balaban J connectivity index is 4.02. The molecule has 0 aliphatic carbocycles. The summed E-state index contributed by atoms with van der Waals surface area (Å²) in [5.41, 5.74) is -1.61. The summed E-state index contributed by atoms with van der Waals surface area (Å²) in [6, 6.07) is 0. The second kappa shape index (κ2) is 2.00. The number of hydrogen-bond acceptors (Lipinski definition) is 3. The van der Waals surface area contributed by atoms with E-state index in [9.17, 15) is 9.70 Å². The van der Waals surface area contributed by atoms with Gasteiger partial charge in [-0.05, 0) is 13.8 Å². The van der Waals surface area contributed by atoms with Crippen molar-refractivity contribution in [3.05, 3.63) is 4.91 Å². The molecule has 4 nitrogen and oxygen atoms in total. The second-order valence-corrected chi connectivity index (χ2v) is 1.96. The van der Waals surface area contributed by atoms with Gasteiger partial charge in [-0.25, -0.2) is 0 Å². The first-order valence-electron chi connectivity index (χ1n) is 2.08. The van der Waals surface area contributed by atoms with Crippen molar-refractivity contribution in [3.8, 4) is 0 Å². The van der Waals surface area contributed by atoms with Crippen LogP contribution in [0, 0.1) is 4.91 Å². The molecule has 0 radical (unpaired) electrons. The van der Waals surface area contributed by atoms with Crippen LogP contribution in [0.5, 0.6) is 0 Å². The van der Waals surface area contributed by atoms with Crippen LogP contribution in [-0.2, 0) is 4.79 Å². The maximum absolute atomic E-state index is 10.1. The Morgan fingerprint density at radius 1 is 1.62 bits per heavy atom. The van der Waals surface area contributed by atoms with E-state index in [0.29, 0.717) is 0 Å². The molecule has 0 fully saturated rings. The molecule has 0 aromatic carbocycles. The molecule has 0 rings (SSSR count). The maximum atomic E-state index is 10.1. The summed E-state index contributed by atoms with van der Waals surface area (Å²) < 4.78 is 0. The summed E-state index contributed by atoms with van der Waals surface area (Å²) in [6.45, 7) is 2.41. The molecule has 0 unspecified atom stereocenters. The van der Waals surface area contributed by atoms with E-state index in [1.54, 1.807) is 0 Å². The number of hydrogen-bond donors (Lipinski definition) is 1. The Bertz CT molecular complexity index is 113. The molecule has 0 atom stereocenters. The molecule has 0 heterocycles. The van der Waals surface area contributed by atoms with Gasteiger partial charge in [0.25, 0.3) is 0 Å². The molecule has 0 aliphatic heterocycles. The van der Waals surface area contributed by atoms with Crippen LogP contribution in [0.25, 0.3) is 0 Å². The fraction of sp³-hybridized carbons (Fsp3) is 0.750. The van der Waals surface area contributed by atoms with Gasteiger partial charge in [0.1, 0.15) is 5.60 Å². The van der Waals surface area contributed by atoms with Crippen LogP contribution in [0.4, 0.5) is 0 Å². The third-order valence-electron chi connectivity index (χ3n) is 0.606. The van der Waals surface area contributed by atoms with Crippen molar-refractivity contribution < 1.29 is 9.90 Å². The molecule has 0 aliphatic rings. The van der Waals surface area contributed by atoms with Gasteiger partial charge in [-0.3, -0.25) is 4.79 Å². The van der Waals surface area contributed by atoms with Crippen molar-refractivity contribution in [2.75, 3.05) is 0 Å². The molecule has 0 bridgehead atoms. The Hall–Kier alpha value is -0.770. The number of amides is 1. The van der Waals surface area contributed by atoms with Crippen LogP contribution in [0.1, 0.15) is 13.8 Å². The molecule has 46 valence electrons. The zero-order valence-corrected chi connectivity index (χ0v) is 4.71. The van der Waals surface area contributed by atoms with Crippen LogP contribution in [0.2, 0.25) is 0 Å². The Morgan fingerprint density at radius 3 is 2.00 bits per heavy atom. The van der Waals surface area contributed by atoms with Crippen molar-refractivity contribution in [1.29, 1.82) is 0 Å².